The monoisotopic (exact) mass is 372 g/mol. The lowest BCUT2D eigenvalue weighted by molar-refractivity contribution is -0.862. The van der Waals surface area contributed by atoms with E-state index < -0.39 is 0 Å². The molecule has 138 valence electrons. The number of quaternary nitrogens is 1. The fraction of sp³-hybridized carbons (Fsp3) is 0.300. The lowest BCUT2D eigenvalue weighted by Crippen LogP contribution is -3.11. The summed E-state index contributed by atoms with van der Waals surface area (Å²) in [6, 6.07) is 13.6. The van der Waals surface area contributed by atoms with E-state index in [4.69, 9.17) is 0 Å². The van der Waals surface area contributed by atoms with Gasteiger partial charge >= 0.3 is 0 Å². The lowest BCUT2D eigenvalue weighted by atomic mass is 10.1. The Hall–Kier alpha value is -2.31. The molecule has 0 bridgehead atoms. The number of benzene rings is 2. The molecule has 2 aromatic rings. The average molecular weight is 373 g/mol. The van der Waals surface area contributed by atoms with Crippen molar-refractivity contribution < 1.29 is 14.5 Å². The number of anilines is 2. The molecule has 0 fully saturated rings. The molecule has 0 heterocycles. The second kappa shape index (κ2) is 9.40. The highest BCUT2D eigenvalue weighted by Gasteiger charge is 2.15. The maximum absolute atomic E-state index is 12.3. The molecule has 1 atom stereocenters. The number of hydrogen-bond acceptors (Lipinski definition) is 3. The van der Waals surface area contributed by atoms with Crippen molar-refractivity contribution in [2.75, 3.05) is 37.0 Å². The van der Waals surface area contributed by atoms with Gasteiger partial charge in [-0.3, -0.25) is 9.59 Å². The van der Waals surface area contributed by atoms with E-state index in [1.807, 2.05) is 69.6 Å². The molecular formula is C20H26N3O2S+. The van der Waals surface area contributed by atoms with E-state index in [9.17, 15) is 9.59 Å². The van der Waals surface area contributed by atoms with E-state index in [0.717, 1.165) is 32.3 Å². The molecule has 3 N–H and O–H groups in total. The van der Waals surface area contributed by atoms with Gasteiger partial charge in [0.1, 0.15) is 0 Å². The van der Waals surface area contributed by atoms with Crippen LogP contribution in [0.25, 0.3) is 0 Å². The van der Waals surface area contributed by atoms with Crippen molar-refractivity contribution in [2.45, 2.75) is 18.7 Å². The Morgan fingerprint density at radius 3 is 2.15 bits per heavy atom. The van der Waals surface area contributed by atoms with E-state index in [0.29, 0.717) is 0 Å². The van der Waals surface area contributed by atoms with Crippen LogP contribution in [0.2, 0.25) is 0 Å². The predicted molar refractivity (Wildman–Crippen MR) is 108 cm³/mol. The minimum Gasteiger partial charge on any atom is -0.322 e. The number of likely N-dealkylation sites (N-methyl/N-ethyl adjacent to an activating group) is 1. The quantitative estimate of drug-likeness (QED) is 0.653. The number of nitrogens with one attached hydrogen (secondary N) is 3. The molecule has 0 saturated carbocycles. The largest absolute Gasteiger partial charge is 0.322 e. The van der Waals surface area contributed by atoms with Crippen molar-refractivity contribution in [1.82, 2.24) is 0 Å². The van der Waals surface area contributed by atoms with E-state index in [-0.39, 0.29) is 24.9 Å². The van der Waals surface area contributed by atoms with Gasteiger partial charge in [0.25, 0.3) is 11.8 Å². The molecule has 0 aliphatic rings. The Morgan fingerprint density at radius 1 is 0.962 bits per heavy atom. The van der Waals surface area contributed by atoms with Gasteiger partial charge in [-0.1, -0.05) is 24.3 Å². The smallest absolute Gasteiger partial charge is 0.279 e. The zero-order valence-electron chi connectivity index (χ0n) is 15.7. The van der Waals surface area contributed by atoms with E-state index in [2.05, 4.69) is 10.6 Å². The van der Waals surface area contributed by atoms with Crippen LogP contribution in [-0.4, -0.2) is 38.2 Å². The third-order valence-electron chi connectivity index (χ3n) is 4.02. The zero-order valence-corrected chi connectivity index (χ0v) is 16.5. The normalized spacial score (nSPS) is 11.7. The van der Waals surface area contributed by atoms with Gasteiger partial charge in [-0.25, -0.2) is 0 Å². The molecule has 0 saturated heterocycles. The summed E-state index contributed by atoms with van der Waals surface area (Å²) in [6.45, 7) is 4.39. The molecule has 2 aromatic carbocycles. The summed E-state index contributed by atoms with van der Waals surface area (Å²) >= 11 is 1.63. The van der Waals surface area contributed by atoms with E-state index in [1.165, 1.54) is 0 Å². The fourth-order valence-electron chi connectivity index (χ4n) is 2.71. The minimum atomic E-state index is -0.111. The topological polar surface area (TPSA) is 62.6 Å². The van der Waals surface area contributed by atoms with Crippen molar-refractivity contribution >= 4 is 35.0 Å². The number of rotatable bonds is 7. The van der Waals surface area contributed by atoms with Crippen LogP contribution in [0, 0.1) is 13.8 Å². The first-order valence-electron chi connectivity index (χ1n) is 8.50. The summed E-state index contributed by atoms with van der Waals surface area (Å²) in [5.74, 6) is -0.210. The highest BCUT2D eigenvalue weighted by molar-refractivity contribution is 7.98. The molecule has 6 heteroatoms. The molecule has 0 aliphatic carbocycles. The van der Waals surface area contributed by atoms with Crippen molar-refractivity contribution in [3.8, 4) is 0 Å². The molecule has 5 nitrogen and oxygen atoms in total. The maximum atomic E-state index is 12.3. The highest BCUT2D eigenvalue weighted by Crippen LogP contribution is 2.19. The third kappa shape index (κ3) is 5.89. The first-order chi connectivity index (χ1) is 12.4. The van der Waals surface area contributed by atoms with Gasteiger partial charge < -0.3 is 15.5 Å². The fourth-order valence-corrected chi connectivity index (χ4v) is 3.17. The summed E-state index contributed by atoms with van der Waals surface area (Å²) in [6.07, 6.45) is 1.99. The number of para-hydroxylation sites is 1. The molecule has 0 aliphatic heterocycles. The maximum Gasteiger partial charge on any atom is 0.279 e. The first kappa shape index (κ1) is 20.0. The number of aryl methyl sites for hydroxylation is 2. The summed E-state index contributed by atoms with van der Waals surface area (Å²) in [5.41, 5.74) is 3.68. The highest BCUT2D eigenvalue weighted by atomic mass is 32.2. The van der Waals surface area contributed by atoms with Gasteiger partial charge in [0.2, 0.25) is 0 Å². The van der Waals surface area contributed by atoms with Crippen LogP contribution in [0.5, 0.6) is 0 Å². The number of carbonyl (C=O) groups is 2. The predicted octanol–water partition coefficient (Wildman–Crippen LogP) is 2.12. The van der Waals surface area contributed by atoms with Crippen molar-refractivity contribution in [3.63, 3.8) is 0 Å². The number of hydrogen-bond donors (Lipinski definition) is 3. The second-order valence-corrected chi connectivity index (χ2v) is 7.29. The molecule has 1 unspecified atom stereocenters. The van der Waals surface area contributed by atoms with Gasteiger partial charge in [-0.2, -0.15) is 0 Å². The summed E-state index contributed by atoms with van der Waals surface area (Å²) in [4.78, 5) is 26.4. The minimum absolute atomic E-state index is 0.0999. The van der Waals surface area contributed by atoms with Crippen molar-refractivity contribution in [3.05, 3.63) is 53.6 Å². The third-order valence-corrected chi connectivity index (χ3v) is 4.75. The molecule has 0 aromatic heterocycles. The van der Waals surface area contributed by atoms with Crippen LogP contribution < -0.4 is 15.5 Å². The molecule has 0 radical (unpaired) electrons. The van der Waals surface area contributed by atoms with Crippen LogP contribution in [0.3, 0.4) is 0 Å². The van der Waals surface area contributed by atoms with Gasteiger partial charge in [-0.05, 0) is 49.4 Å². The van der Waals surface area contributed by atoms with Crippen LogP contribution >= 0.6 is 11.8 Å². The van der Waals surface area contributed by atoms with E-state index in [1.54, 1.807) is 11.8 Å². The Balaban J connectivity index is 1.86. The SMILES string of the molecule is CSc1cccc(NC(=O)C[NH+](C)CC(=O)Nc2c(C)cccc2C)c1. The summed E-state index contributed by atoms with van der Waals surface area (Å²) < 4.78 is 0. The van der Waals surface area contributed by atoms with Gasteiger partial charge in [0.05, 0.1) is 7.05 Å². The molecule has 26 heavy (non-hydrogen) atoms. The summed E-state index contributed by atoms with van der Waals surface area (Å²) in [5, 5.41) is 5.84. The van der Waals surface area contributed by atoms with Gasteiger partial charge in [-0.15, -0.1) is 11.8 Å². The molecular weight excluding hydrogens is 346 g/mol. The van der Waals surface area contributed by atoms with Gasteiger partial charge in [0.15, 0.2) is 13.1 Å². The van der Waals surface area contributed by atoms with Crippen molar-refractivity contribution in [2.24, 2.45) is 0 Å². The standard InChI is InChI=1S/C20H25N3O2S/c1-14-7-5-8-15(2)20(14)22-19(25)13-23(3)12-18(24)21-16-9-6-10-17(11-16)26-4/h5-11H,12-13H2,1-4H3,(H,21,24)(H,22,25)/p+1. The second-order valence-electron chi connectivity index (χ2n) is 6.41. The number of carbonyl (C=O) groups excluding carboxylic acids is 2. The van der Waals surface area contributed by atoms with Crippen molar-refractivity contribution in [1.29, 1.82) is 0 Å². The Morgan fingerprint density at radius 2 is 1.54 bits per heavy atom. The zero-order chi connectivity index (χ0) is 19.1. The summed E-state index contributed by atoms with van der Waals surface area (Å²) in [7, 11) is 1.84. The van der Waals surface area contributed by atoms with Crippen LogP contribution in [0.1, 0.15) is 11.1 Å². The average Bonchev–Trinajstić information content (AvgIpc) is 2.58. The molecule has 2 rings (SSSR count). The number of thioether (sulfide) groups is 1. The molecule has 0 spiro atoms. The lowest BCUT2D eigenvalue weighted by Gasteiger charge is -2.15. The van der Waals surface area contributed by atoms with Crippen LogP contribution in [0.4, 0.5) is 11.4 Å². The number of amides is 2. The first-order valence-corrected chi connectivity index (χ1v) is 9.72. The molecule has 2 amide bonds. The van der Waals surface area contributed by atoms with Crippen LogP contribution in [-0.2, 0) is 9.59 Å². The Kier molecular flexibility index (Phi) is 7.24. The Labute approximate surface area is 159 Å². The van der Waals surface area contributed by atoms with Gasteiger partial charge in [0, 0.05) is 16.3 Å². The Bertz CT molecular complexity index is 772. The van der Waals surface area contributed by atoms with Crippen LogP contribution in [0.15, 0.2) is 47.4 Å². The van der Waals surface area contributed by atoms with E-state index >= 15 is 0 Å².